The first-order chi connectivity index (χ1) is 6.61. The molecule has 1 aliphatic rings. The first kappa shape index (κ1) is 11.0. The van der Waals surface area contributed by atoms with Crippen LogP contribution in [0.2, 0.25) is 0 Å². The van der Waals surface area contributed by atoms with Gasteiger partial charge in [0.1, 0.15) is 0 Å². The molecule has 1 N–H and O–H groups in total. The summed E-state index contributed by atoms with van der Waals surface area (Å²) in [6.07, 6.45) is 3.92. The van der Waals surface area contributed by atoms with Crippen LogP contribution in [0, 0.1) is 0 Å². The topological polar surface area (TPSA) is 54.4 Å². The van der Waals surface area contributed by atoms with E-state index in [1.807, 2.05) is 19.1 Å². The number of aliphatic carboxylic acids is 1. The number of carboxylic acid groups (broad SMARTS) is 1. The zero-order chi connectivity index (χ0) is 10.6. The molecule has 0 saturated carbocycles. The summed E-state index contributed by atoms with van der Waals surface area (Å²) < 4.78 is 0. The predicted octanol–water partition coefficient (Wildman–Crippen LogP) is 2.00. The highest BCUT2D eigenvalue weighted by Crippen LogP contribution is 2.27. The van der Waals surface area contributed by atoms with Crippen molar-refractivity contribution in [3.8, 4) is 0 Å². The van der Waals surface area contributed by atoms with Crippen LogP contribution in [-0.2, 0) is 9.59 Å². The van der Waals surface area contributed by atoms with Gasteiger partial charge in [0.2, 0.25) is 0 Å². The van der Waals surface area contributed by atoms with Crippen LogP contribution in [0.5, 0.6) is 0 Å². The van der Waals surface area contributed by atoms with E-state index in [2.05, 4.69) is 0 Å². The van der Waals surface area contributed by atoms with Crippen LogP contribution in [0.15, 0.2) is 22.6 Å². The summed E-state index contributed by atoms with van der Waals surface area (Å²) in [6.45, 7) is 1.87. The Bertz CT molecular complexity index is 315. The monoisotopic (exact) mass is 212 g/mol. The van der Waals surface area contributed by atoms with Crippen LogP contribution < -0.4 is 0 Å². The molecule has 0 amide bonds. The van der Waals surface area contributed by atoms with E-state index in [9.17, 15) is 9.59 Å². The molecule has 0 atom stereocenters. The molecule has 0 radical (unpaired) electrons. The van der Waals surface area contributed by atoms with Gasteiger partial charge in [-0.25, -0.2) is 0 Å². The SMILES string of the molecule is CC1=C(C(=O)CCC(=O)O)SCC=C1. The molecule has 1 aliphatic heterocycles. The Balaban J connectivity index is 2.60. The van der Waals surface area contributed by atoms with Gasteiger partial charge >= 0.3 is 5.97 Å². The fourth-order valence-corrected chi connectivity index (χ4v) is 2.10. The highest BCUT2D eigenvalue weighted by Gasteiger charge is 2.15. The van der Waals surface area contributed by atoms with E-state index in [1.54, 1.807) is 0 Å². The summed E-state index contributed by atoms with van der Waals surface area (Å²) in [6, 6.07) is 0. The van der Waals surface area contributed by atoms with Crippen LogP contribution in [0.1, 0.15) is 19.8 Å². The zero-order valence-electron chi connectivity index (χ0n) is 7.95. The standard InChI is InChI=1S/C10H12O3S/c1-7-3-2-6-14-10(7)8(11)4-5-9(12)13/h2-3H,4-6H2,1H3,(H,12,13). The maximum absolute atomic E-state index is 11.5. The lowest BCUT2D eigenvalue weighted by Crippen LogP contribution is -2.07. The second-order valence-electron chi connectivity index (χ2n) is 3.04. The maximum atomic E-state index is 11.5. The van der Waals surface area contributed by atoms with E-state index in [1.165, 1.54) is 11.8 Å². The molecule has 0 saturated heterocycles. The lowest BCUT2D eigenvalue weighted by molar-refractivity contribution is -0.138. The summed E-state index contributed by atoms with van der Waals surface area (Å²) in [5.41, 5.74) is 0.941. The smallest absolute Gasteiger partial charge is 0.303 e. The summed E-state index contributed by atoms with van der Waals surface area (Å²) in [5.74, 6) is -0.182. The average Bonchev–Trinajstić information content (AvgIpc) is 2.15. The Morgan fingerprint density at radius 2 is 2.21 bits per heavy atom. The third kappa shape index (κ3) is 3.03. The maximum Gasteiger partial charge on any atom is 0.303 e. The van der Waals surface area contributed by atoms with Crippen molar-refractivity contribution < 1.29 is 14.7 Å². The van der Waals surface area contributed by atoms with Crippen molar-refractivity contribution in [2.75, 3.05) is 5.75 Å². The third-order valence-corrected chi connectivity index (χ3v) is 3.07. The molecule has 0 spiro atoms. The number of Topliss-reactive ketones (excluding diaryl/α,β-unsaturated/α-hetero) is 1. The minimum absolute atomic E-state index is 0.0562. The number of carbonyl (C=O) groups is 2. The first-order valence-corrected chi connectivity index (χ1v) is 5.35. The number of allylic oxidation sites excluding steroid dienone is 3. The fourth-order valence-electron chi connectivity index (χ4n) is 1.18. The van der Waals surface area contributed by atoms with Gasteiger partial charge in [-0.15, -0.1) is 11.8 Å². The van der Waals surface area contributed by atoms with E-state index < -0.39 is 5.97 Å². The second-order valence-corrected chi connectivity index (χ2v) is 4.07. The van der Waals surface area contributed by atoms with E-state index in [-0.39, 0.29) is 18.6 Å². The number of carboxylic acids is 1. The molecular formula is C10H12O3S. The highest BCUT2D eigenvalue weighted by molar-refractivity contribution is 8.04. The zero-order valence-corrected chi connectivity index (χ0v) is 8.76. The van der Waals surface area contributed by atoms with Gasteiger partial charge in [0.25, 0.3) is 0 Å². The Kier molecular flexibility index (Phi) is 3.95. The summed E-state index contributed by atoms with van der Waals surface area (Å²) in [4.78, 5) is 22.5. The van der Waals surface area contributed by atoms with Gasteiger partial charge < -0.3 is 5.11 Å². The van der Waals surface area contributed by atoms with Crippen molar-refractivity contribution in [3.05, 3.63) is 22.6 Å². The van der Waals surface area contributed by atoms with E-state index in [0.29, 0.717) is 4.91 Å². The van der Waals surface area contributed by atoms with E-state index in [0.717, 1.165) is 11.3 Å². The van der Waals surface area contributed by atoms with Crippen molar-refractivity contribution in [3.63, 3.8) is 0 Å². The molecule has 1 rings (SSSR count). The minimum Gasteiger partial charge on any atom is -0.481 e. The van der Waals surface area contributed by atoms with Crippen molar-refractivity contribution in [2.24, 2.45) is 0 Å². The van der Waals surface area contributed by atoms with Crippen LogP contribution in [0.3, 0.4) is 0 Å². The molecule has 0 bridgehead atoms. The number of rotatable bonds is 4. The molecular weight excluding hydrogens is 200 g/mol. The van der Waals surface area contributed by atoms with Gasteiger partial charge in [-0.05, 0) is 12.5 Å². The van der Waals surface area contributed by atoms with Crippen molar-refractivity contribution in [2.45, 2.75) is 19.8 Å². The molecule has 4 heteroatoms. The fraction of sp³-hybridized carbons (Fsp3) is 0.400. The summed E-state index contributed by atoms with van der Waals surface area (Å²) >= 11 is 1.48. The molecule has 76 valence electrons. The molecule has 0 aromatic heterocycles. The molecule has 0 fully saturated rings. The predicted molar refractivity (Wildman–Crippen MR) is 56.2 cm³/mol. The quantitative estimate of drug-likeness (QED) is 0.774. The second kappa shape index (κ2) is 5.00. The molecule has 1 heterocycles. The molecule has 0 aromatic carbocycles. The van der Waals surface area contributed by atoms with Crippen molar-refractivity contribution >= 4 is 23.5 Å². The van der Waals surface area contributed by atoms with Gasteiger partial charge in [0.05, 0.1) is 11.3 Å². The number of ketones is 1. The van der Waals surface area contributed by atoms with Crippen LogP contribution in [-0.4, -0.2) is 22.6 Å². The normalized spacial score (nSPS) is 15.8. The molecule has 0 unspecified atom stereocenters. The van der Waals surface area contributed by atoms with Gasteiger partial charge in [-0.1, -0.05) is 12.2 Å². The third-order valence-electron chi connectivity index (χ3n) is 1.87. The van der Waals surface area contributed by atoms with Crippen LogP contribution >= 0.6 is 11.8 Å². The van der Waals surface area contributed by atoms with E-state index in [4.69, 9.17) is 5.11 Å². The lowest BCUT2D eigenvalue weighted by atomic mass is 10.1. The Morgan fingerprint density at radius 1 is 1.50 bits per heavy atom. The molecule has 0 aromatic rings. The number of hydrogen-bond donors (Lipinski definition) is 1. The van der Waals surface area contributed by atoms with Crippen LogP contribution in [0.25, 0.3) is 0 Å². The Hall–Kier alpha value is -1.03. The van der Waals surface area contributed by atoms with E-state index >= 15 is 0 Å². The average molecular weight is 212 g/mol. The van der Waals surface area contributed by atoms with Gasteiger partial charge in [-0.3, -0.25) is 9.59 Å². The van der Waals surface area contributed by atoms with Gasteiger partial charge in [0, 0.05) is 12.2 Å². The Morgan fingerprint density at radius 3 is 2.79 bits per heavy atom. The van der Waals surface area contributed by atoms with Gasteiger partial charge in [-0.2, -0.15) is 0 Å². The highest BCUT2D eigenvalue weighted by atomic mass is 32.2. The number of hydrogen-bond acceptors (Lipinski definition) is 3. The molecule has 0 aliphatic carbocycles. The van der Waals surface area contributed by atoms with Gasteiger partial charge in [0.15, 0.2) is 5.78 Å². The minimum atomic E-state index is -0.923. The van der Waals surface area contributed by atoms with Crippen molar-refractivity contribution in [1.29, 1.82) is 0 Å². The molecule has 3 nitrogen and oxygen atoms in total. The lowest BCUT2D eigenvalue weighted by Gasteiger charge is -2.10. The van der Waals surface area contributed by atoms with Crippen LogP contribution in [0.4, 0.5) is 0 Å². The first-order valence-electron chi connectivity index (χ1n) is 4.36. The summed E-state index contributed by atoms with van der Waals surface area (Å²) in [5, 5.41) is 8.44. The summed E-state index contributed by atoms with van der Waals surface area (Å²) in [7, 11) is 0. The molecule has 14 heavy (non-hydrogen) atoms. The largest absolute Gasteiger partial charge is 0.481 e. The number of carbonyl (C=O) groups excluding carboxylic acids is 1. The number of thioether (sulfide) groups is 1. The van der Waals surface area contributed by atoms with Crippen molar-refractivity contribution in [1.82, 2.24) is 0 Å². The Labute approximate surface area is 86.9 Å².